The molecule has 2 unspecified atom stereocenters. The highest BCUT2D eigenvalue weighted by Crippen LogP contribution is 2.26. The van der Waals surface area contributed by atoms with Gasteiger partial charge in [0.2, 0.25) is 11.7 Å². The first-order chi connectivity index (χ1) is 9.38. The number of rotatable bonds is 4. The topological polar surface area (TPSA) is 73.1 Å². The molecule has 100 valence electrons. The van der Waals surface area contributed by atoms with Gasteiger partial charge in [-0.3, -0.25) is 4.98 Å². The molecular formula is C13H16N4O2. The molecule has 1 saturated heterocycles. The van der Waals surface area contributed by atoms with E-state index in [9.17, 15) is 0 Å². The largest absolute Gasteiger partial charge is 0.379 e. The molecule has 1 aliphatic heterocycles. The average Bonchev–Trinajstić information content (AvgIpc) is 3.08. The van der Waals surface area contributed by atoms with Crippen molar-refractivity contribution in [1.29, 1.82) is 0 Å². The monoisotopic (exact) mass is 260 g/mol. The number of nitrogens with zero attached hydrogens (tertiary/aromatic N) is 3. The maximum absolute atomic E-state index is 5.49. The second kappa shape index (κ2) is 5.46. The Labute approximate surface area is 111 Å². The van der Waals surface area contributed by atoms with E-state index >= 15 is 0 Å². The summed E-state index contributed by atoms with van der Waals surface area (Å²) in [5.74, 6) is 1.32. The van der Waals surface area contributed by atoms with Gasteiger partial charge < -0.3 is 14.6 Å². The van der Waals surface area contributed by atoms with Crippen LogP contribution >= 0.6 is 0 Å². The standard InChI is InChI=1S/C13H16N4O2/c1-2-15-11-8-18-7-10(11)13-16-12(17-19-13)9-4-3-5-14-6-9/h3-6,10-11,15H,2,7-8H2,1H3. The second-order valence-corrected chi connectivity index (χ2v) is 4.51. The van der Waals surface area contributed by atoms with E-state index in [4.69, 9.17) is 9.26 Å². The SMILES string of the molecule is CCNC1COCC1c1nc(-c2cccnc2)no1. The predicted octanol–water partition coefficient (Wildman–Crippen LogP) is 1.22. The van der Waals surface area contributed by atoms with Gasteiger partial charge in [-0.05, 0) is 18.7 Å². The van der Waals surface area contributed by atoms with Gasteiger partial charge in [0.05, 0.1) is 19.1 Å². The number of ether oxygens (including phenoxy) is 1. The lowest BCUT2D eigenvalue weighted by atomic mass is 10.0. The molecule has 2 aromatic rings. The molecule has 1 N–H and O–H groups in total. The maximum Gasteiger partial charge on any atom is 0.234 e. The second-order valence-electron chi connectivity index (χ2n) is 4.51. The lowest BCUT2D eigenvalue weighted by molar-refractivity contribution is 0.185. The van der Waals surface area contributed by atoms with Crippen LogP contribution in [-0.2, 0) is 4.74 Å². The summed E-state index contributed by atoms with van der Waals surface area (Å²) in [5, 5.41) is 7.39. The molecule has 0 radical (unpaired) electrons. The summed E-state index contributed by atoms with van der Waals surface area (Å²) in [6, 6.07) is 4.01. The Morgan fingerprint density at radius 3 is 3.16 bits per heavy atom. The fourth-order valence-electron chi connectivity index (χ4n) is 2.26. The molecule has 0 aliphatic carbocycles. The zero-order valence-corrected chi connectivity index (χ0v) is 10.7. The van der Waals surface area contributed by atoms with Crippen molar-refractivity contribution in [2.75, 3.05) is 19.8 Å². The Kier molecular flexibility index (Phi) is 3.52. The first-order valence-electron chi connectivity index (χ1n) is 6.43. The molecule has 0 bridgehead atoms. The van der Waals surface area contributed by atoms with Crippen molar-refractivity contribution in [3.8, 4) is 11.4 Å². The van der Waals surface area contributed by atoms with Crippen molar-refractivity contribution >= 4 is 0 Å². The fourth-order valence-corrected chi connectivity index (χ4v) is 2.26. The third kappa shape index (κ3) is 2.50. The third-order valence-corrected chi connectivity index (χ3v) is 3.23. The van der Waals surface area contributed by atoms with E-state index in [0.717, 1.165) is 12.1 Å². The molecule has 19 heavy (non-hydrogen) atoms. The molecule has 3 rings (SSSR count). The van der Waals surface area contributed by atoms with E-state index in [2.05, 4.69) is 27.4 Å². The van der Waals surface area contributed by atoms with Gasteiger partial charge in [0, 0.05) is 24.0 Å². The number of likely N-dealkylation sites (N-methyl/N-ethyl adjacent to an activating group) is 1. The molecule has 3 heterocycles. The molecule has 1 fully saturated rings. The number of nitrogens with one attached hydrogen (secondary N) is 1. The van der Waals surface area contributed by atoms with E-state index in [1.807, 2.05) is 12.1 Å². The molecule has 2 atom stereocenters. The van der Waals surface area contributed by atoms with E-state index in [-0.39, 0.29) is 12.0 Å². The molecule has 6 heteroatoms. The van der Waals surface area contributed by atoms with Crippen molar-refractivity contribution < 1.29 is 9.26 Å². The minimum atomic E-state index is 0.123. The Bertz CT molecular complexity index is 528. The van der Waals surface area contributed by atoms with Crippen LogP contribution in [0.1, 0.15) is 18.7 Å². The molecule has 0 amide bonds. The summed E-state index contributed by atoms with van der Waals surface area (Å²) in [7, 11) is 0. The van der Waals surface area contributed by atoms with Crippen LogP contribution < -0.4 is 5.32 Å². The van der Waals surface area contributed by atoms with Gasteiger partial charge in [0.1, 0.15) is 0 Å². The first-order valence-corrected chi connectivity index (χ1v) is 6.43. The van der Waals surface area contributed by atoms with Crippen LogP contribution in [0, 0.1) is 0 Å². The lowest BCUT2D eigenvalue weighted by Crippen LogP contribution is -2.34. The Balaban J connectivity index is 1.81. The van der Waals surface area contributed by atoms with Crippen molar-refractivity contribution in [1.82, 2.24) is 20.4 Å². The smallest absolute Gasteiger partial charge is 0.234 e. The Hall–Kier alpha value is -1.79. The predicted molar refractivity (Wildman–Crippen MR) is 68.6 cm³/mol. The molecule has 1 aliphatic rings. The summed E-state index contributed by atoms with van der Waals surface area (Å²) in [5.41, 5.74) is 0.858. The van der Waals surface area contributed by atoms with Gasteiger partial charge in [-0.1, -0.05) is 12.1 Å². The van der Waals surface area contributed by atoms with Crippen molar-refractivity contribution in [3.63, 3.8) is 0 Å². The van der Waals surface area contributed by atoms with Crippen LogP contribution in [0.2, 0.25) is 0 Å². The molecule has 0 spiro atoms. The van der Waals surface area contributed by atoms with E-state index in [1.54, 1.807) is 12.4 Å². The number of hydrogen-bond donors (Lipinski definition) is 1. The van der Waals surface area contributed by atoms with Crippen LogP contribution in [0.4, 0.5) is 0 Å². The Morgan fingerprint density at radius 1 is 1.42 bits per heavy atom. The molecule has 2 aromatic heterocycles. The van der Waals surface area contributed by atoms with Gasteiger partial charge in [0.15, 0.2) is 0 Å². The molecule has 6 nitrogen and oxygen atoms in total. The van der Waals surface area contributed by atoms with Gasteiger partial charge in [-0.25, -0.2) is 0 Å². The number of aromatic nitrogens is 3. The van der Waals surface area contributed by atoms with E-state index < -0.39 is 0 Å². The molecular weight excluding hydrogens is 244 g/mol. The van der Waals surface area contributed by atoms with Crippen LogP contribution in [0.25, 0.3) is 11.4 Å². The number of pyridine rings is 1. The van der Waals surface area contributed by atoms with E-state index in [1.165, 1.54) is 0 Å². The highest BCUT2D eigenvalue weighted by Gasteiger charge is 2.33. The first kappa shape index (κ1) is 12.3. The van der Waals surface area contributed by atoms with Crippen LogP contribution in [0.15, 0.2) is 29.0 Å². The minimum absolute atomic E-state index is 0.123. The van der Waals surface area contributed by atoms with Crippen molar-refractivity contribution in [3.05, 3.63) is 30.4 Å². The normalized spacial score (nSPS) is 22.8. The van der Waals surface area contributed by atoms with Crippen LogP contribution in [-0.4, -0.2) is 40.9 Å². The fraction of sp³-hybridized carbons (Fsp3) is 0.462. The van der Waals surface area contributed by atoms with Crippen molar-refractivity contribution in [2.45, 2.75) is 18.9 Å². The Morgan fingerprint density at radius 2 is 2.37 bits per heavy atom. The minimum Gasteiger partial charge on any atom is -0.379 e. The highest BCUT2D eigenvalue weighted by atomic mass is 16.5. The van der Waals surface area contributed by atoms with E-state index in [0.29, 0.717) is 24.9 Å². The summed E-state index contributed by atoms with van der Waals surface area (Å²) < 4.78 is 10.9. The quantitative estimate of drug-likeness (QED) is 0.891. The van der Waals surface area contributed by atoms with Gasteiger partial charge >= 0.3 is 0 Å². The average molecular weight is 260 g/mol. The summed E-state index contributed by atoms with van der Waals surface area (Å²) in [6.45, 7) is 4.27. The summed E-state index contributed by atoms with van der Waals surface area (Å²) in [6.07, 6.45) is 3.44. The maximum atomic E-state index is 5.49. The lowest BCUT2D eigenvalue weighted by Gasteiger charge is -2.13. The van der Waals surface area contributed by atoms with Crippen LogP contribution in [0.5, 0.6) is 0 Å². The van der Waals surface area contributed by atoms with Gasteiger partial charge in [-0.15, -0.1) is 0 Å². The van der Waals surface area contributed by atoms with Gasteiger partial charge in [0.25, 0.3) is 0 Å². The highest BCUT2D eigenvalue weighted by molar-refractivity contribution is 5.51. The third-order valence-electron chi connectivity index (χ3n) is 3.23. The molecule has 0 aromatic carbocycles. The number of hydrogen-bond acceptors (Lipinski definition) is 6. The molecule has 0 saturated carbocycles. The zero-order chi connectivity index (χ0) is 13.1. The summed E-state index contributed by atoms with van der Waals surface area (Å²) in [4.78, 5) is 8.51. The zero-order valence-electron chi connectivity index (χ0n) is 10.7. The van der Waals surface area contributed by atoms with Crippen molar-refractivity contribution in [2.24, 2.45) is 0 Å². The van der Waals surface area contributed by atoms with Crippen LogP contribution in [0.3, 0.4) is 0 Å². The van der Waals surface area contributed by atoms with Gasteiger partial charge in [-0.2, -0.15) is 4.98 Å². The summed E-state index contributed by atoms with van der Waals surface area (Å²) >= 11 is 0.